The molecule has 0 saturated heterocycles. The van der Waals surface area contributed by atoms with Crippen molar-refractivity contribution < 1.29 is 14.3 Å². The summed E-state index contributed by atoms with van der Waals surface area (Å²) in [4.78, 5) is 24.5. The van der Waals surface area contributed by atoms with Crippen molar-refractivity contribution in [3.8, 4) is 0 Å². The smallest absolute Gasteiger partial charge is 0.408 e. The van der Waals surface area contributed by atoms with E-state index in [1.807, 2.05) is 31.2 Å². The minimum atomic E-state index is -0.944. The van der Waals surface area contributed by atoms with E-state index >= 15 is 0 Å². The van der Waals surface area contributed by atoms with Crippen LogP contribution in [-0.4, -0.2) is 18.4 Å². The second-order valence-electron chi connectivity index (χ2n) is 4.85. The van der Waals surface area contributed by atoms with E-state index in [0.717, 1.165) is 6.42 Å². The minimum absolute atomic E-state index is 0.238. The molecular formula is C18H19NO3. The lowest BCUT2D eigenvalue weighted by Crippen LogP contribution is -2.29. The van der Waals surface area contributed by atoms with Crippen LogP contribution in [0.1, 0.15) is 35.4 Å². The summed E-state index contributed by atoms with van der Waals surface area (Å²) in [6.07, 6.45) is -0.724. The first-order valence-electron chi connectivity index (χ1n) is 7.31. The van der Waals surface area contributed by atoms with Gasteiger partial charge in [-0.1, -0.05) is 67.6 Å². The number of benzene rings is 2. The second kappa shape index (κ2) is 7.98. The summed E-state index contributed by atoms with van der Waals surface area (Å²) >= 11 is 0. The highest BCUT2D eigenvalue weighted by Crippen LogP contribution is 2.22. The molecule has 22 heavy (non-hydrogen) atoms. The fourth-order valence-corrected chi connectivity index (χ4v) is 2.03. The van der Waals surface area contributed by atoms with Gasteiger partial charge in [0.05, 0.1) is 0 Å². The van der Waals surface area contributed by atoms with Crippen molar-refractivity contribution in [1.82, 2.24) is 5.32 Å². The molecule has 0 fully saturated rings. The van der Waals surface area contributed by atoms with Crippen LogP contribution in [0.3, 0.4) is 0 Å². The van der Waals surface area contributed by atoms with Crippen molar-refractivity contribution >= 4 is 11.9 Å². The Morgan fingerprint density at radius 3 is 2.18 bits per heavy atom. The van der Waals surface area contributed by atoms with Gasteiger partial charge in [0.1, 0.15) is 0 Å². The summed E-state index contributed by atoms with van der Waals surface area (Å²) < 4.78 is 5.36. The fraction of sp³-hybridized carbons (Fsp3) is 0.222. The van der Waals surface area contributed by atoms with E-state index in [9.17, 15) is 9.59 Å². The van der Waals surface area contributed by atoms with Gasteiger partial charge in [0.25, 0.3) is 0 Å². The van der Waals surface area contributed by atoms with Crippen LogP contribution < -0.4 is 5.32 Å². The zero-order valence-corrected chi connectivity index (χ0v) is 12.5. The standard InChI is InChI=1S/C18H19NO3/c1-2-13-19-18(21)22-17(15-11-7-4-8-12-15)16(20)14-9-5-3-6-10-14/h3-12,17H,2,13H2,1H3,(H,19,21). The average Bonchev–Trinajstić information content (AvgIpc) is 2.59. The molecule has 0 aliphatic carbocycles. The summed E-state index contributed by atoms with van der Waals surface area (Å²) in [5.41, 5.74) is 1.17. The molecule has 4 heteroatoms. The lowest BCUT2D eigenvalue weighted by molar-refractivity contribution is 0.0628. The number of Topliss-reactive ketones (excluding diaryl/α,β-unsaturated/α-hetero) is 1. The van der Waals surface area contributed by atoms with Gasteiger partial charge >= 0.3 is 6.09 Å². The molecule has 1 amide bonds. The third-order valence-electron chi connectivity index (χ3n) is 3.14. The summed E-state index contributed by atoms with van der Waals surface area (Å²) in [5.74, 6) is -0.238. The Morgan fingerprint density at radius 2 is 1.59 bits per heavy atom. The van der Waals surface area contributed by atoms with Crippen LogP contribution in [0, 0.1) is 0 Å². The summed E-state index contributed by atoms with van der Waals surface area (Å²) in [6.45, 7) is 2.46. The first-order chi connectivity index (χ1) is 10.7. The molecule has 0 radical (unpaired) electrons. The van der Waals surface area contributed by atoms with Crippen LogP contribution in [0.25, 0.3) is 0 Å². The molecule has 2 aromatic rings. The van der Waals surface area contributed by atoms with E-state index in [1.165, 1.54) is 0 Å². The largest absolute Gasteiger partial charge is 0.433 e. The van der Waals surface area contributed by atoms with Gasteiger partial charge in [0.2, 0.25) is 5.78 Å². The van der Waals surface area contributed by atoms with Crippen LogP contribution in [0.2, 0.25) is 0 Å². The lowest BCUT2D eigenvalue weighted by Gasteiger charge is -2.17. The predicted molar refractivity (Wildman–Crippen MR) is 84.7 cm³/mol. The first kappa shape index (κ1) is 15.8. The van der Waals surface area contributed by atoms with Gasteiger partial charge in [0.15, 0.2) is 6.10 Å². The number of carbonyl (C=O) groups is 2. The summed E-state index contributed by atoms with van der Waals surface area (Å²) in [6, 6.07) is 17.9. The zero-order chi connectivity index (χ0) is 15.8. The summed E-state index contributed by atoms with van der Waals surface area (Å²) in [5, 5.41) is 2.63. The molecule has 0 aliphatic heterocycles. The SMILES string of the molecule is CCCNC(=O)OC(C(=O)c1ccccc1)c1ccccc1. The van der Waals surface area contributed by atoms with Crippen LogP contribution in [0.4, 0.5) is 4.79 Å². The third-order valence-corrected chi connectivity index (χ3v) is 3.14. The van der Waals surface area contributed by atoms with Crippen molar-refractivity contribution in [2.45, 2.75) is 19.4 Å². The Labute approximate surface area is 130 Å². The molecule has 2 aromatic carbocycles. The molecule has 0 aromatic heterocycles. The third kappa shape index (κ3) is 4.19. The average molecular weight is 297 g/mol. The van der Waals surface area contributed by atoms with E-state index in [0.29, 0.717) is 17.7 Å². The quantitative estimate of drug-likeness (QED) is 0.826. The first-order valence-corrected chi connectivity index (χ1v) is 7.31. The summed E-state index contributed by atoms with van der Waals surface area (Å²) in [7, 11) is 0. The van der Waals surface area contributed by atoms with Gasteiger partial charge in [-0.25, -0.2) is 4.79 Å². The molecule has 1 unspecified atom stereocenters. The number of nitrogens with one attached hydrogen (secondary N) is 1. The topological polar surface area (TPSA) is 55.4 Å². The molecule has 0 spiro atoms. The molecule has 0 heterocycles. The van der Waals surface area contributed by atoms with Crippen LogP contribution in [0.15, 0.2) is 60.7 Å². The number of hydrogen-bond acceptors (Lipinski definition) is 3. The van der Waals surface area contributed by atoms with Crippen molar-refractivity contribution in [1.29, 1.82) is 0 Å². The maximum absolute atomic E-state index is 12.6. The predicted octanol–water partition coefficient (Wildman–Crippen LogP) is 3.75. The minimum Gasteiger partial charge on any atom is -0.433 e. The van der Waals surface area contributed by atoms with Gasteiger partial charge in [-0.05, 0) is 6.42 Å². The van der Waals surface area contributed by atoms with Crippen molar-refractivity contribution in [2.24, 2.45) is 0 Å². The fourth-order valence-electron chi connectivity index (χ4n) is 2.03. The molecule has 0 bridgehead atoms. The van der Waals surface area contributed by atoms with E-state index in [1.54, 1.807) is 36.4 Å². The van der Waals surface area contributed by atoms with Crippen LogP contribution >= 0.6 is 0 Å². The number of alkyl carbamates (subject to hydrolysis) is 1. The number of ether oxygens (including phenoxy) is 1. The highest BCUT2D eigenvalue weighted by Gasteiger charge is 2.25. The second-order valence-corrected chi connectivity index (χ2v) is 4.85. The van der Waals surface area contributed by atoms with Gasteiger partial charge in [-0.2, -0.15) is 0 Å². The maximum Gasteiger partial charge on any atom is 0.408 e. The Kier molecular flexibility index (Phi) is 5.72. The number of rotatable bonds is 6. The maximum atomic E-state index is 12.6. The van der Waals surface area contributed by atoms with E-state index in [4.69, 9.17) is 4.74 Å². The number of amides is 1. The van der Waals surface area contributed by atoms with Gasteiger partial charge < -0.3 is 10.1 Å². The Bertz CT molecular complexity index is 611. The van der Waals surface area contributed by atoms with Crippen LogP contribution in [0.5, 0.6) is 0 Å². The van der Waals surface area contributed by atoms with E-state index < -0.39 is 12.2 Å². The molecular weight excluding hydrogens is 278 g/mol. The van der Waals surface area contributed by atoms with E-state index in [-0.39, 0.29) is 5.78 Å². The number of carbonyl (C=O) groups excluding carboxylic acids is 2. The van der Waals surface area contributed by atoms with Crippen LogP contribution in [-0.2, 0) is 4.74 Å². The Morgan fingerprint density at radius 1 is 1.00 bits per heavy atom. The van der Waals surface area contributed by atoms with Gasteiger partial charge in [-0.15, -0.1) is 0 Å². The normalized spacial score (nSPS) is 11.5. The highest BCUT2D eigenvalue weighted by molar-refractivity contribution is 6.00. The molecule has 1 atom stereocenters. The highest BCUT2D eigenvalue weighted by atomic mass is 16.6. The monoisotopic (exact) mass is 297 g/mol. The molecule has 0 aliphatic rings. The molecule has 4 nitrogen and oxygen atoms in total. The Hall–Kier alpha value is -2.62. The van der Waals surface area contributed by atoms with Crippen molar-refractivity contribution in [3.05, 3.63) is 71.8 Å². The Balaban J connectivity index is 2.22. The molecule has 1 N–H and O–H groups in total. The number of hydrogen-bond donors (Lipinski definition) is 1. The van der Waals surface area contributed by atoms with Crippen molar-refractivity contribution in [2.75, 3.05) is 6.54 Å². The molecule has 0 saturated carbocycles. The zero-order valence-electron chi connectivity index (χ0n) is 12.5. The lowest BCUT2D eigenvalue weighted by atomic mass is 10.00. The van der Waals surface area contributed by atoms with Gasteiger partial charge in [-0.3, -0.25) is 4.79 Å². The van der Waals surface area contributed by atoms with Gasteiger partial charge in [0, 0.05) is 17.7 Å². The number of ketones is 1. The molecule has 2 rings (SSSR count). The molecule has 114 valence electrons. The van der Waals surface area contributed by atoms with Crippen molar-refractivity contribution in [3.63, 3.8) is 0 Å². The van der Waals surface area contributed by atoms with E-state index in [2.05, 4.69) is 5.32 Å².